The van der Waals surface area contributed by atoms with Gasteiger partial charge in [0.05, 0.1) is 0 Å². The molecule has 74 valence electrons. The lowest BCUT2D eigenvalue weighted by molar-refractivity contribution is 1.10. The van der Waals surface area contributed by atoms with E-state index in [1.165, 1.54) is 22.6 Å². The van der Waals surface area contributed by atoms with Gasteiger partial charge in [0, 0.05) is 22.6 Å². The normalized spacial score (nSPS) is 11.4. The van der Waals surface area contributed by atoms with Crippen molar-refractivity contribution in [2.75, 3.05) is 0 Å². The average Bonchev–Trinajstić information content (AvgIpc) is 2.25. The highest BCUT2D eigenvalue weighted by Gasteiger charge is 1.92. The van der Waals surface area contributed by atoms with Gasteiger partial charge in [-0.25, -0.2) is 4.40 Å². The Balaban J connectivity index is 2.42. The molecule has 1 aromatic rings. The monoisotopic (exact) mass is 205 g/mol. The fraction of sp³-hybridized carbons (Fsp3) is 0.250. The van der Waals surface area contributed by atoms with Crippen LogP contribution < -0.4 is 0 Å². The van der Waals surface area contributed by atoms with E-state index in [0.717, 1.165) is 12.8 Å². The summed E-state index contributed by atoms with van der Waals surface area (Å²) in [6, 6.07) is 10.2. The molecule has 0 heterocycles. The zero-order valence-corrected chi connectivity index (χ0v) is 9.26. The van der Waals surface area contributed by atoms with Gasteiger partial charge in [-0.2, -0.15) is 0 Å². The quantitative estimate of drug-likeness (QED) is 0.400. The molecule has 0 saturated carbocycles. The molecule has 2 heteroatoms. The van der Waals surface area contributed by atoms with Crippen LogP contribution in [0.3, 0.4) is 0 Å². The summed E-state index contributed by atoms with van der Waals surface area (Å²) in [6.07, 6.45) is 3.93. The first-order valence-electron chi connectivity index (χ1n) is 4.69. The minimum atomic E-state index is 1.00. The Labute approximate surface area is 90.1 Å². The van der Waals surface area contributed by atoms with Crippen LogP contribution in [0, 0.1) is 0 Å². The van der Waals surface area contributed by atoms with Crippen molar-refractivity contribution in [3.8, 4) is 0 Å². The number of rotatable bonds is 5. The lowest BCUT2D eigenvalue weighted by Crippen LogP contribution is -1.87. The van der Waals surface area contributed by atoms with Crippen LogP contribution >= 0.6 is 11.9 Å². The lowest BCUT2D eigenvalue weighted by atomic mass is 10.2. The average molecular weight is 205 g/mol. The largest absolute Gasteiger partial charge is 0.221 e. The van der Waals surface area contributed by atoms with Crippen molar-refractivity contribution in [2.45, 2.75) is 24.7 Å². The van der Waals surface area contributed by atoms with Crippen molar-refractivity contribution in [1.29, 1.82) is 0 Å². The molecular formula is C12H15NS. The molecule has 0 aliphatic rings. The number of hydrogen-bond donors (Lipinski definition) is 0. The number of allylic oxidation sites excluding steroid dienone is 1. The van der Waals surface area contributed by atoms with Gasteiger partial charge in [-0.15, -0.1) is 6.58 Å². The molecule has 0 atom stereocenters. The molecule has 0 aromatic heterocycles. The maximum atomic E-state index is 4.42. The Bertz CT molecular complexity index is 303. The third-order valence-electron chi connectivity index (χ3n) is 1.76. The molecule has 1 nitrogen and oxygen atoms in total. The molecule has 0 unspecified atom stereocenters. The van der Waals surface area contributed by atoms with Gasteiger partial charge < -0.3 is 0 Å². The predicted octanol–water partition coefficient (Wildman–Crippen LogP) is 4.12. The van der Waals surface area contributed by atoms with E-state index in [1.807, 2.05) is 24.3 Å². The maximum Gasteiger partial charge on any atom is 0.0305 e. The molecular weight excluding hydrogens is 190 g/mol. The lowest BCUT2D eigenvalue weighted by Gasteiger charge is -1.97. The van der Waals surface area contributed by atoms with E-state index < -0.39 is 0 Å². The highest BCUT2D eigenvalue weighted by Crippen LogP contribution is 2.18. The summed E-state index contributed by atoms with van der Waals surface area (Å²) in [5.74, 6) is 0. The van der Waals surface area contributed by atoms with Gasteiger partial charge >= 0.3 is 0 Å². The predicted molar refractivity (Wildman–Crippen MR) is 64.8 cm³/mol. The second-order valence-electron chi connectivity index (χ2n) is 3.06. The summed E-state index contributed by atoms with van der Waals surface area (Å²) in [5.41, 5.74) is 1.17. The molecule has 0 spiro atoms. The second kappa shape index (κ2) is 6.44. The highest BCUT2D eigenvalue weighted by atomic mass is 32.2. The van der Waals surface area contributed by atoms with E-state index in [2.05, 4.69) is 30.0 Å². The SMILES string of the molecule is C=CCC/C(C)=N/Sc1ccccc1. The summed E-state index contributed by atoms with van der Waals surface area (Å²) in [6.45, 7) is 5.74. The summed E-state index contributed by atoms with van der Waals surface area (Å²) in [4.78, 5) is 1.19. The maximum absolute atomic E-state index is 4.42. The molecule has 0 aliphatic heterocycles. The molecule has 1 rings (SSSR count). The van der Waals surface area contributed by atoms with Gasteiger partial charge in [-0.05, 0) is 31.9 Å². The Morgan fingerprint density at radius 1 is 1.43 bits per heavy atom. The fourth-order valence-electron chi connectivity index (χ4n) is 0.969. The molecule has 1 aromatic carbocycles. The van der Waals surface area contributed by atoms with Crippen LogP contribution in [0.15, 0.2) is 52.3 Å². The summed E-state index contributed by atoms with van der Waals surface area (Å²) in [5, 5.41) is 0. The van der Waals surface area contributed by atoms with Crippen molar-refractivity contribution in [3.05, 3.63) is 43.0 Å². The van der Waals surface area contributed by atoms with Crippen molar-refractivity contribution in [2.24, 2.45) is 4.40 Å². The molecule has 0 radical (unpaired) electrons. The van der Waals surface area contributed by atoms with Gasteiger partial charge in [0.1, 0.15) is 0 Å². The highest BCUT2D eigenvalue weighted by molar-refractivity contribution is 7.98. The van der Waals surface area contributed by atoms with Gasteiger partial charge in [0.25, 0.3) is 0 Å². The Morgan fingerprint density at radius 3 is 2.79 bits per heavy atom. The van der Waals surface area contributed by atoms with Crippen LogP contribution in [0.5, 0.6) is 0 Å². The number of hydrogen-bond acceptors (Lipinski definition) is 2. The first-order chi connectivity index (χ1) is 6.83. The Morgan fingerprint density at radius 2 is 2.14 bits per heavy atom. The fourth-order valence-corrected chi connectivity index (χ4v) is 1.60. The van der Waals surface area contributed by atoms with Crippen LogP contribution in [-0.4, -0.2) is 5.71 Å². The zero-order chi connectivity index (χ0) is 10.2. The van der Waals surface area contributed by atoms with Crippen molar-refractivity contribution in [1.82, 2.24) is 0 Å². The first-order valence-corrected chi connectivity index (χ1v) is 5.46. The summed E-state index contributed by atoms with van der Waals surface area (Å²) >= 11 is 1.53. The molecule has 14 heavy (non-hydrogen) atoms. The Kier molecular flexibility index (Phi) is 5.08. The van der Waals surface area contributed by atoms with Gasteiger partial charge in [-0.3, -0.25) is 0 Å². The summed E-state index contributed by atoms with van der Waals surface area (Å²) < 4.78 is 4.42. The first kappa shape index (κ1) is 11.1. The number of nitrogens with zero attached hydrogens (tertiary/aromatic N) is 1. The molecule has 0 N–H and O–H groups in total. The molecule has 0 bridgehead atoms. The van der Waals surface area contributed by atoms with E-state index in [4.69, 9.17) is 0 Å². The van der Waals surface area contributed by atoms with E-state index in [9.17, 15) is 0 Å². The van der Waals surface area contributed by atoms with Crippen LogP contribution in [0.2, 0.25) is 0 Å². The van der Waals surface area contributed by atoms with E-state index >= 15 is 0 Å². The second-order valence-corrected chi connectivity index (χ2v) is 3.89. The Hall–Kier alpha value is -1.02. The van der Waals surface area contributed by atoms with Crippen molar-refractivity contribution < 1.29 is 0 Å². The minimum Gasteiger partial charge on any atom is -0.221 e. The van der Waals surface area contributed by atoms with Crippen LogP contribution in [0.1, 0.15) is 19.8 Å². The molecule has 0 fully saturated rings. The van der Waals surface area contributed by atoms with Crippen molar-refractivity contribution >= 4 is 17.7 Å². The third-order valence-corrected chi connectivity index (χ3v) is 2.65. The van der Waals surface area contributed by atoms with E-state index in [0.29, 0.717) is 0 Å². The van der Waals surface area contributed by atoms with E-state index in [-0.39, 0.29) is 0 Å². The smallest absolute Gasteiger partial charge is 0.0305 e. The molecule has 0 aliphatic carbocycles. The summed E-state index contributed by atoms with van der Waals surface area (Å²) in [7, 11) is 0. The van der Waals surface area contributed by atoms with Crippen LogP contribution in [0.25, 0.3) is 0 Å². The third kappa shape index (κ3) is 4.28. The number of benzene rings is 1. The van der Waals surface area contributed by atoms with Crippen LogP contribution in [0.4, 0.5) is 0 Å². The van der Waals surface area contributed by atoms with Crippen LogP contribution in [-0.2, 0) is 0 Å². The van der Waals surface area contributed by atoms with Crippen molar-refractivity contribution in [3.63, 3.8) is 0 Å². The van der Waals surface area contributed by atoms with Gasteiger partial charge in [-0.1, -0.05) is 24.3 Å². The standard InChI is InChI=1S/C12H15NS/c1-3-4-8-11(2)13-14-12-9-6-5-7-10-12/h3,5-7,9-10H,1,4,8H2,2H3/b13-11+. The van der Waals surface area contributed by atoms with Gasteiger partial charge in [0.15, 0.2) is 0 Å². The zero-order valence-electron chi connectivity index (χ0n) is 8.44. The topological polar surface area (TPSA) is 12.4 Å². The molecule has 0 amide bonds. The molecule has 0 saturated heterocycles. The van der Waals surface area contributed by atoms with E-state index in [1.54, 1.807) is 0 Å². The minimum absolute atomic E-state index is 1.00. The van der Waals surface area contributed by atoms with Gasteiger partial charge in [0.2, 0.25) is 0 Å².